The molecule has 3 aromatic rings. The van der Waals surface area contributed by atoms with Crippen molar-refractivity contribution in [3.8, 4) is 0 Å². The molecule has 0 saturated carbocycles. The number of nitrogens with one attached hydrogen (secondary N) is 2. The van der Waals surface area contributed by atoms with E-state index in [4.69, 9.17) is 28.3 Å². The summed E-state index contributed by atoms with van der Waals surface area (Å²) in [6.45, 7) is 0.679. The Morgan fingerprint density at radius 1 is 0.906 bits per heavy atom. The normalized spacial score (nSPS) is 11.1. The largest absolute Gasteiger partial charge is 0.409 e. The molecule has 0 unspecified atom stereocenters. The Morgan fingerprint density at radius 3 is 2.28 bits per heavy atom. The Kier molecular flexibility index (Phi) is 7.30. The third kappa shape index (κ3) is 5.77. The minimum Gasteiger partial charge on any atom is -0.409 e. The van der Waals surface area contributed by atoms with Gasteiger partial charge in [-0.25, -0.2) is 0 Å². The minimum absolute atomic E-state index is 0.0339. The lowest BCUT2D eigenvalue weighted by Crippen LogP contribution is -2.23. The molecule has 0 aliphatic rings. The van der Waals surface area contributed by atoms with Crippen molar-refractivity contribution in [2.24, 2.45) is 16.6 Å². The van der Waals surface area contributed by atoms with E-state index in [2.05, 4.69) is 15.8 Å². The molecule has 0 radical (unpaired) electrons. The zero-order valence-corrected chi connectivity index (χ0v) is 17.8. The van der Waals surface area contributed by atoms with E-state index < -0.39 is 5.91 Å². The van der Waals surface area contributed by atoms with Gasteiger partial charge in [-0.15, -0.1) is 0 Å². The summed E-state index contributed by atoms with van der Waals surface area (Å²) in [7, 11) is 0. The number of anilines is 1. The van der Waals surface area contributed by atoms with Crippen LogP contribution in [0.4, 0.5) is 5.69 Å². The van der Waals surface area contributed by atoms with Crippen LogP contribution in [0, 0.1) is 0 Å². The summed E-state index contributed by atoms with van der Waals surface area (Å²) in [6, 6.07) is 18.8. The fraction of sp³-hybridized carbons (Fsp3) is 0.0870. The van der Waals surface area contributed by atoms with Crippen LogP contribution < -0.4 is 22.1 Å². The lowest BCUT2D eigenvalue weighted by Gasteiger charge is -2.15. The maximum atomic E-state index is 12.5. The Balaban J connectivity index is 1.77. The van der Waals surface area contributed by atoms with Crippen LogP contribution in [0.15, 0.2) is 71.9 Å². The molecular formula is C23H22ClN5O3. The average molecular weight is 452 g/mol. The van der Waals surface area contributed by atoms with E-state index >= 15 is 0 Å². The van der Waals surface area contributed by atoms with Crippen molar-refractivity contribution in [1.29, 1.82) is 0 Å². The Hall–Kier alpha value is -4.04. The monoisotopic (exact) mass is 451 g/mol. The van der Waals surface area contributed by atoms with Crippen molar-refractivity contribution < 1.29 is 14.8 Å². The molecule has 32 heavy (non-hydrogen) atoms. The molecular weight excluding hydrogens is 430 g/mol. The molecule has 0 spiro atoms. The molecule has 9 heteroatoms. The van der Waals surface area contributed by atoms with Gasteiger partial charge in [0.2, 0.25) is 5.91 Å². The third-order valence-electron chi connectivity index (χ3n) is 4.76. The summed E-state index contributed by atoms with van der Waals surface area (Å²) in [5.74, 6) is -0.789. The van der Waals surface area contributed by atoms with Crippen molar-refractivity contribution in [2.45, 2.75) is 13.1 Å². The quantitative estimate of drug-likeness (QED) is 0.155. The predicted octanol–water partition coefficient (Wildman–Crippen LogP) is 3.08. The number of carbonyl (C=O) groups excluding carboxylic acids is 2. The molecule has 0 aromatic heterocycles. The summed E-state index contributed by atoms with van der Waals surface area (Å²) >= 11 is 5.96. The number of oxime groups is 1. The van der Waals surface area contributed by atoms with Gasteiger partial charge in [0.1, 0.15) is 0 Å². The number of benzene rings is 3. The standard InChI is InChI=1S/C23H22ClN5O3/c24-19-3-1-2-17(10-19)23(31)28-13-18-9-8-16(21(25)29-32)11-20(18)27-12-14-4-6-15(7-5-14)22(26)30/h1-11,27,32H,12-13H2,(H2,25,29)(H2,26,30)(H,28,31). The second-order valence-corrected chi connectivity index (χ2v) is 7.40. The van der Waals surface area contributed by atoms with Gasteiger partial charge in [-0.05, 0) is 47.5 Å². The van der Waals surface area contributed by atoms with Gasteiger partial charge >= 0.3 is 0 Å². The van der Waals surface area contributed by atoms with E-state index in [1.807, 2.05) is 0 Å². The number of amidine groups is 1. The van der Waals surface area contributed by atoms with Crippen LogP contribution in [0.1, 0.15) is 37.4 Å². The Labute approximate surface area is 189 Å². The predicted molar refractivity (Wildman–Crippen MR) is 124 cm³/mol. The first kappa shape index (κ1) is 22.6. The maximum Gasteiger partial charge on any atom is 0.251 e. The lowest BCUT2D eigenvalue weighted by atomic mass is 10.1. The Bertz CT molecular complexity index is 1160. The number of hydrogen-bond acceptors (Lipinski definition) is 5. The van der Waals surface area contributed by atoms with E-state index in [0.29, 0.717) is 33.9 Å². The zero-order valence-electron chi connectivity index (χ0n) is 17.0. The number of hydrogen-bond donors (Lipinski definition) is 5. The van der Waals surface area contributed by atoms with Crippen LogP contribution in [0.5, 0.6) is 0 Å². The van der Waals surface area contributed by atoms with Gasteiger partial charge in [-0.1, -0.05) is 47.1 Å². The fourth-order valence-corrected chi connectivity index (χ4v) is 3.19. The lowest BCUT2D eigenvalue weighted by molar-refractivity contribution is 0.0949. The zero-order chi connectivity index (χ0) is 23.1. The van der Waals surface area contributed by atoms with Gasteiger partial charge in [0, 0.05) is 40.5 Å². The van der Waals surface area contributed by atoms with E-state index in [9.17, 15) is 9.59 Å². The van der Waals surface area contributed by atoms with Crippen LogP contribution in [0.25, 0.3) is 0 Å². The molecule has 0 saturated heterocycles. The van der Waals surface area contributed by atoms with Gasteiger partial charge in [0.25, 0.3) is 5.91 Å². The molecule has 0 aliphatic carbocycles. The maximum absolute atomic E-state index is 12.5. The summed E-state index contributed by atoms with van der Waals surface area (Å²) in [5.41, 5.74) is 14.8. The van der Waals surface area contributed by atoms with Crippen LogP contribution in [0.2, 0.25) is 5.02 Å². The molecule has 0 fully saturated rings. The Morgan fingerprint density at radius 2 is 1.62 bits per heavy atom. The number of carbonyl (C=O) groups is 2. The number of nitrogens with zero attached hydrogens (tertiary/aromatic N) is 1. The number of rotatable bonds is 8. The van der Waals surface area contributed by atoms with Gasteiger partial charge < -0.3 is 27.3 Å². The van der Waals surface area contributed by atoms with Gasteiger partial charge in [-0.2, -0.15) is 0 Å². The molecule has 7 N–H and O–H groups in total. The molecule has 3 rings (SSSR count). The van der Waals surface area contributed by atoms with Crippen molar-refractivity contribution >= 4 is 34.9 Å². The van der Waals surface area contributed by atoms with Crippen molar-refractivity contribution in [1.82, 2.24) is 5.32 Å². The van der Waals surface area contributed by atoms with E-state index in [-0.39, 0.29) is 18.3 Å². The highest BCUT2D eigenvalue weighted by molar-refractivity contribution is 6.30. The van der Waals surface area contributed by atoms with E-state index in [1.165, 1.54) is 0 Å². The highest BCUT2D eigenvalue weighted by Crippen LogP contribution is 2.20. The number of amides is 2. The number of nitrogens with two attached hydrogens (primary N) is 2. The summed E-state index contributed by atoms with van der Waals surface area (Å²) in [5, 5.41) is 18.7. The van der Waals surface area contributed by atoms with Crippen LogP contribution in [0.3, 0.4) is 0 Å². The van der Waals surface area contributed by atoms with Crippen LogP contribution in [-0.2, 0) is 13.1 Å². The number of halogens is 1. The third-order valence-corrected chi connectivity index (χ3v) is 5.00. The molecule has 2 amide bonds. The van der Waals surface area contributed by atoms with Gasteiger partial charge in [0.05, 0.1) is 0 Å². The van der Waals surface area contributed by atoms with Crippen LogP contribution in [-0.4, -0.2) is 22.9 Å². The second kappa shape index (κ2) is 10.3. The van der Waals surface area contributed by atoms with Crippen molar-refractivity contribution in [3.63, 3.8) is 0 Å². The molecule has 0 aliphatic heterocycles. The molecule has 164 valence electrons. The molecule has 8 nitrogen and oxygen atoms in total. The molecule has 3 aromatic carbocycles. The van der Waals surface area contributed by atoms with Gasteiger partial charge in [-0.3, -0.25) is 9.59 Å². The van der Waals surface area contributed by atoms with Crippen LogP contribution >= 0.6 is 11.6 Å². The van der Waals surface area contributed by atoms with E-state index in [0.717, 1.165) is 11.1 Å². The van der Waals surface area contributed by atoms with E-state index in [1.54, 1.807) is 66.7 Å². The summed E-state index contributed by atoms with van der Waals surface area (Å²) < 4.78 is 0. The molecule has 0 bridgehead atoms. The van der Waals surface area contributed by atoms with Crippen molar-refractivity contribution in [2.75, 3.05) is 5.32 Å². The SMILES string of the molecule is NC(=O)c1ccc(CNc2cc(C(N)=NO)ccc2CNC(=O)c2cccc(Cl)c2)cc1. The summed E-state index contributed by atoms with van der Waals surface area (Å²) in [6.07, 6.45) is 0. The first-order valence-electron chi connectivity index (χ1n) is 9.64. The van der Waals surface area contributed by atoms with Crippen molar-refractivity contribution in [3.05, 3.63) is 99.6 Å². The topological polar surface area (TPSA) is 143 Å². The highest BCUT2D eigenvalue weighted by Gasteiger charge is 2.11. The fourth-order valence-electron chi connectivity index (χ4n) is 3.00. The van der Waals surface area contributed by atoms with Gasteiger partial charge in [0.15, 0.2) is 5.84 Å². The first-order chi connectivity index (χ1) is 15.4. The highest BCUT2D eigenvalue weighted by atomic mass is 35.5. The minimum atomic E-state index is -0.492. The average Bonchev–Trinajstić information content (AvgIpc) is 2.81. The molecule has 0 atom stereocenters. The second-order valence-electron chi connectivity index (χ2n) is 6.96. The number of primary amides is 1. The first-order valence-corrected chi connectivity index (χ1v) is 10.0. The smallest absolute Gasteiger partial charge is 0.251 e. The summed E-state index contributed by atoms with van der Waals surface area (Å²) in [4.78, 5) is 23.7. The molecule has 0 heterocycles.